The molecule has 73 valence electrons. The van der Waals surface area contributed by atoms with Crippen LogP contribution in [0.2, 0.25) is 19.6 Å². The molecule has 3 heteroatoms. The number of rotatable bonds is 2. The first kappa shape index (κ1) is 12.7. The second-order valence-corrected chi connectivity index (χ2v) is 11.1. The first-order valence-electron chi connectivity index (χ1n) is 4.23. The minimum atomic E-state index is -1.59. The summed E-state index contributed by atoms with van der Waals surface area (Å²) in [5, 5.41) is 11.6. The fraction of sp³-hybridized carbons (Fsp3) is 0.889. The van der Waals surface area contributed by atoms with Gasteiger partial charge in [-0.05, 0) is 5.41 Å². The van der Waals surface area contributed by atoms with Gasteiger partial charge in [0, 0.05) is 0 Å². The normalized spacial score (nSPS) is 19.0. The smallest absolute Gasteiger partial charge is 0.0842 e. The summed E-state index contributed by atoms with van der Waals surface area (Å²) in [6.07, 6.45) is 0. The summed E-state index contributed by atoms with van der Waals surface area (Å²) in [6, 6.07) is 0. The van der Waals surface area contributed by atoms with Crippen LogP contribution in [0.25, 0.3) is 0 Å². The monoisotopic (exact) mass is 251 g/mol. The van der Waals surface area contributed by atoms with Gasteiger partial charge >= 0.3 is 0 Å². The SMILES string of the molecule is CC(C)(C)C(O)([CH]Br)[Si](C)(C)C. The topological polar surface area (TPSA) is 20.2 Å². The molecule has 1 unspecified atom stereocenters. The van der Waals surface area contributed by atoms with Crippen molar-refractivity contribution in [3.8, 4) is 0 Å². The molecule has 1 radical (unpaired) electrons. The van der Waals surface area contributed by atoms with Crippen LogP contribution in [0.15, 0.2) is 0 Å². The second-order valence-electron chi connectivity index (χ2n) is 5.38. The minimum Gasteiger partial charge on any atom is -0.392 e. The van der Waals surface area contributed by atoms with Crippen LogP contribution in [0, 0.1) is 10.7 Å². The molecule has 0 bridgehead atoms. The van der Waals surface area contributed by atoms with Crippen molar-refractivity contribution in [2.45, 2.75) is 45.6 Å². The number of aliphatic hydroxyl groups is 1. The van der Waals surface area contributed by atoms with Gasteiger partial charge in [-0.2, -0.15) is 0 Å². The fourth-order valence-electron chi connectivity index (χ4n) is 1.45. The predicted molar refractivity (Wildman–Crippen MR) is 61.0 cm³/mol. The molecule has 0 spiro atoms. The van der Waals surface area contributed by atoms with Crippen LogP contribution < -0.4 is 0 Å². The summed E-state index contributed by atoms with van der Waals surface area (Å²) in [4.78, 5) is 0. The Bertz CT molecular complexity index is 141. The molecule has 0 saturated heterocycles. The predicted octanol–water partition coefficient (Wildman–Crippen LogP) is 3.20. The zero-order valence-corrected chi connectivity index (χ0v) is 11.5. The van der Waals surface area contributed by atoms with Gasteiger partial charge in [0.2, 0.25) is 0 Å². The lowest BCUT2D eigenvalue weighted by atomic mass is 9.89. The molecule has 0 aliphatic rings. The highest BCUT2D eigenvalue weighted by Crippen LogP contribution is 2.41. The number of hydrogen-bond donors (Lipinski definition) is 1. The summed E-state index contributed by atoms with van der Waals surface area (Å²) < 4.78 is 0. The second kappa shape index (κ2) is 3.43. The molecule has 0 aromatic carbocycles. The minimum absolute atomic E-state index is 0.0963. The summed E-state index contributed by atoms with van der Waals surface area (Å²) in [6.45, 7) is 12.7. The zero-order chi connectivity index (χ0) is 10.2. The molecule has 0 aliphatic carbocycles. The van der Waals surface area contributed by atoms with Gasteiger partial charge in [0.05, 0.1) is 18.6 Å². The van der Waals surface area contributed by atoms with Gasteiger partial charge in [-0.25, -0.2) is 0 Å². The van der Waals surface area contributed by atoms with E-state index in [0.29, 0.717) is 0 Å². The van der Waals surface area contributed by atoms with Crippen molar-refractivity contribution in [1.29, 1.82) is 0 Å². The van der Waals surface area contributed by atoms with E-state index in [1.807, 2.05) is 0 Å². The largest absolute Gasteiger partial charge is 0.392 e. The van der Waals surface area contributed by atoms with E-state index in [9.17, 15) is 5.11 Å². The lowest BCUT2D eigenvalue weighted by Gasteiger charge is -2.47. The van der Waals surface area contributed by atoms with Gasteiger partial charge in [-0.1, -0.05) is 56.3 Å². The quantitative estimate of drug-likeness (QED) is 0.748. The summed E-state index contributed by atoms with van der Waals surface area (Å²) in [5.41, 5.74) is -0.0963. The Labute approximate surface area is 85.7 Å². The Morgan fingerprint density at radius 1 is 1.17 bits per heavy atom. The molecule has 0 heterocycles. The number of halogens is 1. The lowest BCUT2D eigenvalue weighted by Crippen LogP contribution is -2.59. The van der Waals surface area contributed by atoms with E-state index >= 15 is 0 Å². The molecule has 0 aliphatic heterocycles. The van der Waals surface area contributed by atoms with E-state index in [1.165, 1.54) is 0 Å². The Hall–Kier alpha value is 0.657. The van der Waals surface area contributed by atoms with Crippen molar-refractivity contribution < 1.29 is 5.11 Å². The fourth-order valence-corrected chi connectivity index (χ4v) is 6.78. The summed E-state index contributed by atoms with van der Waals surface area (Å²) in [5.74, 6) is 0. The van der Waals surface area contributed by atoms with Gasteiger partial charge in [-0.3, -0.25) is 0 Å². The molecule has 0 aromatic heterocycles. The molecule has 1 nitrogen and oxygen atoms in total. The Morgan fingerprint density at radius 3 is 1.50 bits per heavy atom. The van der Waals surface area contributed by atoms with Gasteiger partial charge in [-0.15, -0.1) is 0 Å². The highest BCUT2D eigenvalue weighted by Gasteiger charge is 2.49. The van der Waals surface area contributed by atoms with Crippen LogP contribution in [0.4, 0.5) is 0 Å². The maximum atomic E-state index is 10.5. The average molecular weight is 252 g/mol. The lowest BCUT2D eigenvalue weighted by molar-refractivity contribution is 0.0466. The van der Waals surface area contributed by atoms with E-state index in [2.05, 4.69) is 56.3 Å². The average Bonchev–Trinajstić information content (AvgIpc) is 1.81. The van der Waals surface area contributed by atoms with Crippen LogP contribution >= 0.6 is 15.9 Å². The van der Waals surface area contributed by atoms with E-state index < -0.39 is 13.3 Å². The van der Waals surface area contributed by atoms with Crippen LogP contribution in [0.5, 0.6) is 0 Å². The standard InChI is InChI=1S/C9H20BrOSi/c1-8(2,3)9(11,7-10)12(4,5)6/h7,11H,1-6H3. The maximum absolute atomic E-state index is 10.5. The highest BCUT2D eigenvalue weighted by molar-refractivity contribution is 9.10. The third-order valence-corrected chi connectivity index (χ3v) is 6.71. The molecule has 1 N–H and O–H groups in total. The first-order chi connectivity index (χ1) is 5.06. The van der Waals surface area contributed by atoms with Crippen molar-refractivity contribution in [3.05, 3.63) is 5.33 Å². The molecule has 0 fully saturated rings. The first-order valence-corrected chi connectivity index (χ1v) is 8.65. The van der Waals surface area contributed by atoms with Crippen LogP contribution in [0.3, 0.4) is 0 Å². The summed E-state index contributed by atoms with van der Waals surface area (Å²) >= 11 is 3.30. The van der Waals surface area contributed by atoms with E-state index in [-0.39, 0.29) is 5.41 Å². The third kappa shape index (κ3) is 2.12. The van der Waals surface area contributed by atoms with E-state index in [4.69, 9.17) is 0 Å². The Balaban J connectivity index is 4.95. The summed E-state index contributed by atoms with van der Waals surface area (Å²) in [7, 11) is -1.59. The van der Waals surface area contributed by atoms with Crippen molar-refractivity contribution in [2.24, 2.45) is 5.41 Å². The van der Waals surface area contributed by atoms with Crippen molar-refractivity contribution >= 4 is 24.0 Å². The van der Waals surface area contributed by atoms with Gasteiger partial charge < -0.3 is 5.11 Å². The number of hydrogen-bond acceptors (Lipinski definition) is 1. The highest BCUT2D eigenvalue weighted by atomic mass is 79.9. The van der Waals surface area contributed by atoms with Crippen molar-refractivity contribution in [1.82, 2.24) is 0 Å². The van der Waals surface area contributed by atoms with Crippen molar-refractivity contribution in [3.63, 3.8) is 0 Å². The Morgan fingerprint density at radius 2 is 1.50 bits per heavy atom. The molecule has 0 rings (SSSR count). The molecular weight excluding hydrogens is 232 g/mol. The van der Waals surface area contributed by atoms with Crippen LogP contribution in [0.1, 0.15) is 20.8 Å². The molecular formula is C9H20BrOSi. The zero-order valence-electron chi connectivity index (χ0n) is 8.90. The van der Waals surface area contributed by atoms with Crippen LogP contribution in [-0.4, -0.2) is 18.4 Å². The van der Waals surface area contributed by atoms with E-state index in [1.54, 1.807) is 5.33 Å². The molecule has 1 atom stereocenters. The maximum Gasteiger partial charge on any atom is 0.0842 e. The Kier molecular flexibility index (Phi) is 3.61. The third-order valence-electron chi connectivity index (χ3n) is 2.44. The molecule has 0 aromatic rings. The van der Waals surface area contributed by atoms with Gasteiger partial charge in [0.15, 0.2) is 0 Å². The molecule has 0 amide bonds. The molecule has 0 saturated carbocycles. The van der Waals surface area contributed by atoms with E-state index in [0.717, 1.165) is 0 Å². The van der Waals surface area contributed by atoms with Gasteiger partial charge in [0.1, 0.15) is 0 Å². The van der Waals surface area contributed by atoms with Crippen molar-refractivity contribution in [2.75, 3.05) is 0 Å². The molecule has 12 heavy (non-hydrogen) atoms. The van der Waals surface area contributed by atoms with Crippen LogP contribution in [-0.2, 0) is 0 Å². The van der Waals surface area contributed by atoms with Gasteiger partial charge in [0.25, 0.3) is 0 Å².